The van der Waals surface area contributed by atoms with E-state index in [0.717, 1.165) is 0 Å². The van der Waals surface area contributed by atoms with E-state index in [4.69, 9.17) is 16.6 Å². The van der Waals surface area contributed by atoms with E-state index in [1.54, 1.807) is 6.26 Å². The lowest BCUT2D eigenvalue weighted by Crippen LogP contribution is -2.55. The van der Waals surface area contributed by atoms with E-state index in [0.29, 0.717) is 5.75 Å². The number of nitrogens with two attached hydrogens (primary N) is 2. The highest BCUT2D eigenvalue weighted by atomic mass is 32.2. The molecule has 0 radical (unpaired) electrons. The first kappa shape index (κ1) is 21.5. The molecule has 0 aliphatic carbocycles. The Bertz CT molecular complexity index is 449. The van der Waals surface area contributed by atoms with E-state index in [1.165, 1.54) is 11.8 Å². The summed E-state index contributed by atoms with van der Waals surface area (Å²) in [4.78, 5) is 46.0. The molecule has 0 unspecified atom stereocenters. The molecule has 0 aromatic rings. The Balaban J connectivity index is 4.93. The number of carbonyl (C=O) groups is 4. The second kappa shape index (κ2) is 11.1. The average Bonchev–Trinajstić information content (AvgIpc) is 2.48. The van der Waals surface area contributed by atoms with Crippen LogP contribution >= 0.6 is 24.4 Å². The van der Waals surface area contributed by atoms with Gasteiger partial charge in [0.05, 0.1) is 12.5 Å². The van der Waals surface area contributed by atoms with Gasteiger partial charge in [0.15, 0.2) is 0 Å². The van der Waals surface area contributed by atoms with Crippen LogP contribution < -0.4 is 22.1 Å². The molecule has 0 aromatic carbocycles. The van der Waals surface area contributed by atoms with Crippen molar-refractivity contribution in [3.05, 3.63) is 0 Å². The minimum atomic E-state index is -1.29. The molecule has 0 aromatic heterocycles. The van der Waals surface area contributed by atoms with Crippen LogP contribution in [0, 0.1) is 0 Å². The predicted octanol–water partition coefficient (Wildman–Crippen LogP) is -2.07. The van der Waals surface area contributed by atoms with Crippen LogP contribution in [-0.2, 0) is 19.2 Å². The van der Waals surface area contributed by atoms with E-state index in [2.05, 4.69) is 23.3 Å². The molecule has 23 heavy (non-hydrogen) atoms. The van der Waals surface area contributed by atoms with Crippen molar-refractivity contribution >= 4 is 48.1 Å². The molecule has 0 rings (SSSR count). The topological polar surface area (TPSA) is 165 Å². The lowest BCUT2D eigenvalue weighted by molar-refractivity contribution is -0.142. The van der Waals surface area contributed by atoms with Crippen molar-refractivity contribution < 1.29 is 24.3 Å². The van der Waals surface area contributed by atoms with Gasteiger partial charge in [0.25, 0.3) is 0 Å². The first-order valence-corrected chi connectivity index (χ1v) is 8.72. The molecular formula is C12H22N4O5S2. The van der Waals surface area contributed by atoms with Gasteiger partial charge in [0.2, 0.25) is 17.7 Å². The molecule has 0 aliphatic rings. The minimum absolute atomic E-state index is 0.0439. The van der Waals surface area contributed by atoms with E-state index in [9.17, 15) is 19.2 Å². The molecule has 0 spiro atoms. The number of rotatable bonds is 11. The molecular weight excluding hydrogens is 344 g/mol. The highest BCUT2D eigenvalue weighted by Crippen LogP contribution is 2.03. The molecule has 9 nitrogen and oxygen atoms in total. The van der Waals surface area contributed by atoms with Gasteiger partial charge in [-0.3, -0.25) is 14.4 Å². The maximum absolute atomic E-state index is 12.1. The van der Waals surface area contributed by atoms with Crippen molar-refractivity contribution in [1.82, 2.24) is 10.6 Å². The molecule has 7 N–H and O–H groups in total. The zero-order valence-electron chi connectivity index (χ0n) is 12.7. The van der Waals surface area contributed by atoms with Gasteiger partial charge in [-0.25, -0.2) is 4.79 Å². The van der Waals surface area contributed by atoms with Gasteiger partial charge in [-0.05, 0) is 18.4 Å². The summed E-state index contributed by atoms with van der Waals surface area (Å²) >= 11 is 5.29. The summed E-state index contributed by atoms with van der Waals surface area (Å²) in [6.45, 7) is 0. The van der Waals surface area contributed by atoms with Crippen molar-refractivity contribution in [3.63, 3.8) is 0 Å². The molecule has 0 aliphatic heterocycles. The Morgan fingerprint density at radius 3 is 2.17 bits per heavy atom. The van der Waals surface area contributed by atoms with Crippen molar-refractivity contribution in [2.75, 3.05) is 17.8 Å². The maximum atomic E-state index is 12.1. The van der Waals surface area contributed by atoms with Gasteiger partial charge in [-0.15, -0.1) is 0 Å². The second-order valence-corrected chi connectivity index (χ2v) is 6.05. The van der Waals surface area contributed by atoms with E-state index >= 15 is 0 Å². The van der Waals surface area contributed by atoms with Crippen LogP contribution in [-0.4, -0.2) is 64.7 Å². The molecule has 0 saturated carbocycles. The summed E-state index contributed by atoms with van der Waals surface area (Å²) < 4.78 is 0. The monoisotopic (exact) mass is 366 g/mol. The second-order valence-electron chi connectivity index (χ2n) is 4.70. The fourth-order valence-corrected chi connectivity index (χ4v) is 2.17. The number of carbonyl (C=O) groups excluding carboxylic acids is 3. The Morgan fingerprint density at radius 2 is 1.74 bits per heavy atom. The lowest BCUT2D eigenvalue weighted by atomic mass is 10.1. The number of hydrogen-bond acceptors (Lipinski definition) is 7. The summed E-state index contributed by atoms with van der Waals surface area (Å²) in [5, 5.41) is 13.6. The Morgan fingerprint density at radius 1 is 1.17 bits per heavy atom. The van der Waals surface area contributed by atoms with Crippen LogP contribution in [0.4, 0.5) is 0 Å². The fourth-order valence-electron chi connectivity index (χ4n) is 1.54. The Hall–Kier alpha value is -1.46. The number of amides is 3. The maximum Gasteiger partial charge on any atom is 0.326 e. The summed E-state index contributed by atoms with van der Waals surface area (Å²) in [5.41, 5.74) is 10.5. The third-order valence-corrected chi connectivity index (χ3v) is 3.83. The zero-order valence-corrected chi connectivity index (χ0v) is 14.4. The zero-order chi connectivity index (χ0) is 18.0. The number of nitrogens with one attached hydrogen (secondary N) is 2. The summed E-state index contributed by atoms with van der Waals surface area (Å²) in [7, 11) is 0. The number of carboxylic acid groups (broad SMARTS) is 1. The lowest BCUT2D eigenvalue weighted by Gasteiger charge is -2.21. The van der Waals surface area contributed by atoms with Gasteiger partial charge in [0.1, 0.15) is 12.1 Å². The van der Waals surface area contributed by atoms with Crippen molar-refractivity contribution in [1.29, 1.82) is 0 Å². The molecule has 3 amide bonds. The number of hydrogen-bond donors (Lipinski definition) is 6. The number of primary amides is 1. The fraction of sp³-hybridized carbons (Fsp3) is 0.667. The van der Waals surface area contributed by atoms with E-state index < -0.39 is 48.2 Å². The van der Waals surface area contributed by atoms with Gasteiger partial charge >= 0.3 is 5.97 Å². The van der Waals surface area contributed by atoms with Gasteiger partial charge in [0, 0.05) is 5.75 Å². The average molecular weight is 366 g/mol. The highest BCUT2D eigenvalue weighted by Gasteiger charge is 2.28. The number of aliphatic carboxylic acids is 1. The van der Waals surface area contributed by atoms with Gasteiger partial charge in [-0.1, -0.05) is 0 Å². The molecule has 0 saturated heterocycles. The predicted molar refractivity (Wildman–Crippen MR) is 90.1 cm³/mol. The molecule has 3 atom stereocenters. The minimum Gasteiger partial charge on any atom is -0.480 e. The molecule has 0 fully saturated rings. The van der Waals surface area contributed by atoms with Crippen molar-refractivity contribution in [2.45, 2.75) is 31.0 Å². The van der Waals surface area contributed by atoms with Crippen LogP contribution in [0.3, 0.4) is 0 Å². The third-order valence-electron chi connectivity index (χ3n) is 2.80. The number of thiol groups is 1. The molecule has 11 heteroatoms. The van der Waals surface area contributed by atoms with Gasteiger partial charge < -0.3 is 27.2 Å². The quantitative estimate of drug-likeness (QED) is 0.228. The molecule has 0 bridgehead atoms. The van der Waals surface area contributed by atoms with Crippen LogP contribution in [0.2, 0.25) is 0 Å². The van der Waals surface area contributed by atoms with E-state index in [-0.39, 0.29) is 12.2 Å². The summed E-state index contributed by atoms with van der Waals surface area (Å²) in [6.07, 6.45) is 1.54. The number of thioether (sulfide) groups is 1. The largest absolute Gasteiger partial charge is 0.480 e. The van der Waals surface area contributed by atoms with Crippen LogP contribution in [0.1, 0.15) is 12.8 Å². The Labute approximate surface area is 143 Å². The van der Waals surface area contributed by atoms with Crippen molar-refractivity contribution in [3.8, 4) is 0 Å². The molecule has 132 valence electrons. The summed E-state index contributed by atoms with van der Waals surface area (Å²) in [6, 6.07) is -3.38. The normalized spacial score (nSPS) is 14.4. The first-order valence-electron chi connectivity index (χ1n) is 6.70. The number of carboxylic acids is 1. The SMILES string of the molecule is CSCC[C@H](NC(=O)[C@H](CC(N)=O)NC(=O)[C@@H](N)CS)C(=O)O. The van der Waals surface area contributed by atoms with Gasteiger partial charge in [-0.2, -0.15) is 24.4 Å². The van der Waals surface area contributed by atoms with Crippen LogP contribution in [0.25, 0.3) is 0 Å². The molecule has 0 heterocycles. The smallest absolute Gasteiger partial charge is 0.326 e. The first-order chi connectivity index (χ1) is 10.7. The third kappa shape index (κ3) is 8.67. The Kier molecular flexibility index (Phi) is 10.4. The van der Waals surface area contributed by atoms with Crippen LogP contribution in [0.5, 0.6) is 0 Å². The van der Waals surface area contributed by atoms with Crippen molar-refractivity contribution in [2.24, 2.45) is 11.5 Å². The van der Waals surface area contributed by atoms with Crippen LogP contribution in [0.15, 0.2) is 0 Å². The summed E-state index contributed by atoms with van der Waals surface area (Å²) in [5.74, 6) is -2.95. The highest BCUT2D eigenvalue weighted by molar-refractivity contribution is 7.98. The van der Waals surface area contributed by atoms with E-state index in [1.807, 2.05) is 0 Å². The standard InChI is InChI=1S/C12H22N4O5S2/c1-23-3-2-7(12(20)21)15-11(19)8(4-9(14)17)16-10(18)6(13)5-22/h6-8,22H,2-5,13H2,1H3,(H2,14,17)(H,15,19)(H,16,18)(H,20,21)/t6-,7-,8-/m0/s1.